The van der Waals surface area contributed by atoms with Gasteiger partial charge in [0.2, 0.25) is 5.69 Å². The third-order valence-corrected chi connectivity index (χ3v) is 8.34. The average molecular weight is 516 g/mol. The molecule has 3 aromatic rings. The summed E-state index contributed by atoms with van der Waals surface area (Å²) < 4.78 is 16.3. The van der Waals surface area contributed by atoms with Crippen molar-refractivity contribution in [2.24, 2.45) is 0 Å². The summed E-state index contributed by atoms with van der Waals surface area (Å²) in [7, 11) is 4.17. The molecule has 2 nitrogen and oxygen atoms in total. The van der Waals surface area contributed by atoms with Gasteiger partial charge in [0.1, 0.15) is 12.9 Å². The smallest absolute Gasteiger partial charge is 0.209 e. The van der Waals surface area contributed by atoms with Crippen LogP contribution >= 0.6 is 0 Å². The van der Waals surface area contributed by atoms with E-state index in [9.17, 15) is 4.39 Å². The number of benzene rings is 3. The number of fused-ring (bicyclic) bond motifs is 4. The topological polar surface area (TPSA) is 6.25 Å². The number of nitrogens with zero attached hydrogens (tertiary/aromatic N) is 2. The minimum Gasteiger partial charge on any atom is -0.346 e. The maximum Gasteiger partial charge on any atom is 0.209 e. The molecule has 3 aromatic carbocycles. The maximum absolute atomic E-state index is 14.2. The van der Waals surface area contributed by atoms with E-state index in [4.69, 9.17) is 0 Å². The molecule has 0 fully saturated rings. The van der Waals surface area contributed by atoms with Crippen molar-refractivity contribution in [1.29, 1.82) is 0 Å². The van der Waals surface area contributed by atoms with Crippen LogP contribution in [0.15, 0.2) is 128 Å². The molecular formula is C36H36FN2+. The van der Waals surface area contributed by atoms with Crippen molar-refractivity contribution in [3.05, 3.63) is 145 Å². The van der Waals surface area contributed by atoms with E-state index in [1.807, 2.05) is 19.2 Å². The summed E-state index contributed by atoms with van der Waals surface area (Å²) in [6.07, 6.45) is 19.6. The van der Waals surface area contributed by atoms with E-state index in [-0.39, 0.29) is 11.2 Å². The quantitative estimate of drug-likeness (QED) is 0.173. The second kappa shape index (κ2) is 10.1. The summed E-state index contributed by atoms with van der Waals surface area (Å²) >= 11 is 0. The lowest BCUT2D eigenvalue weighted by atomic mass is 9.76. The molecule has 2 aliphatic heterocycles. The molecule has 39 heavy (non-hydrogen) atoms. The van der Waals surface area contributed by atoms with Crippen LogP contribution < -0.4 is 4.90 Å². The van der Waals surface area contributed by atoms with Crippen molar-refractivity contribution in [3.8, 4) is 0 Å². The second-order valence-electron chi connectivity index (χ2n) is 10.5. The van der Waals surface area contributed by atoms with Crippen LogP contribution in [0.1, 0.15) is 31.4 Å². The van der Waals surface area contributed by atoms with Gasteiger partial charge in [-0.15, -0.1) is 13.2 Å². The largest absolute Gasteiger partial charge is 0.346 e. The van der Waals surface area contributed by atoms with Crippen LogP contribution in [-0.2, 0) is 10.8 Å². The van der Waals surface area contributed by atoms with Gasteiger partial charge in [0.05, 0.1) is 10.8 Å². The van der Waals surface area contributed by atoms with Crippen molar-refractivity contribution < 1.29 is 8.97 Å². The van der Waals surface area contributed by atoms with Gasteiger partial charge in [-0.05, 0) is 55.3 Å². The average Bonchev–Trinajstić information content (AvgIpc) is 3.29. The highest BCUT2D eigenvalue weighted by Crippen LogP contribution is 2.52. The molecule has 0 bridgehead atoms. The summed E-state index contributed by atoms with van der Waals surface area (Å²) in [6.45, 7) is 12.5. The molecule has 0 spiro atoms. The summed E-state index contributed by atoms with van der Waals surface area (Å²) in [5.74, 6) is -0.213. The van der Waals surface area contributed by atoms with E-state index >= 15 is 0 Å². The van der Waals surface area contributed by atoms with Crippen molar-refractivity contribution >= 4 is 27.9 Å². The minimum atomic E-state index is -0.428. The summed E-state index contributed by atoms with van der Waals surface area (Å²) in [4.78, 5) is 2.27. The molecule has 3 heteroatoms. The van der Waals surface area contributed by atoms with Gasteiger partial charge < -0.3 is 4.90 Å². The second-order valence-corrected chi connectivity index (χ2v) is 10.5. The van der Waals surface area contributed by atoms with Gasteiger partial charge in [0, 0.05) is 41.7 Å². The van der Waals surface area contributed by atoms with E-state index in [0.717, 1.165) is 29.1 Å². The van der Waals surface area contributed by atoms with E-state index in [1.165, 1.54) is 28.1 Å². The molecule has 2 unspecified atom stereocenters. The normalized spacial score (nSPS) is 23.6. The number of anilines is 1. The molecular weight excluding hydrogens is 479 g/mol. The summed E-state index contributed by atoms with van der Waals surface area (Å²) in [5.41, 5.74) is 5.98. The van der Waals surface area contributed by atoms with Gasteiger partial charge in [-0.25, -0.2) is 4.39 Å². The van der Waals surface area contributed by atoms with Crippen molar-refractivity contribution in [2.75, 3.05) is 19.0 Å². The number of likely N-dealkylation sites (N-methyl/N-ethyl adjacent to an activating group) is 1. The lowest BCUT2D eigenvalue weighted by Gasteiger charge is -2.26. The third-order valence-electron chi connectivity index (χ3n) is 8.34. The number of allylic oxidation sites excluding steroid dienone is 8. The fourth-order valence-corrected chi connectivity index (χ4v) is 6.50. The van der Waals surface area contributed by atoms with Crippen LogP contribution in [0.4, 0.5) is 15.8 Å². The minimum absolute atomic E-state index is 0.213. The molecule has 0 aromatic heterocycles. The highest BCUT2D eigenvalue weighted by Gasteiger charge is 2.46. The molecule has 0 aliphatic carbocycles. The van der Waals surface area contributed by atoms with Crippen LogP contribution in [0.25, 0.3) is 10.8 Å². The van der Waals surface area contributed by atoms with Crippen LogP contribution in [0.5, 0.6) is 0 Å². The van der Waals surface area contributed by atoms with Crippen molar-refractivity contribution in [1.82, 2.24) is 0 Å². The Morgan fingerprint density at radius 1 is 1.03 bits per heavy atom. The molecule has 0 N–H and O–H groups in total. The number of halogens is 1. The maximum atomic E-state index is 14.2. The molecule has 5 rings (SSSR count). The Bertz CT molecular complexity index is 1630. The zero-order chi connectivity index (χ0) is 27.8. The first-order chi connectivity index (χ1) is 18.8. The predicted molar refractivity (Wildman–Crippen MR) is 165 cm³/mol. The first kappa shape index (κ1) is 26.4. The van der Waals surface area contributed by atoms with Crippen LogP contribution in [0.2, 0.25) is 0 Å². The Morgan fingerprint density at radius 3 is 2.56 bits per heavy atom. The van der Waals surface area contributed by atoms with E-state index in [1.54, 1.807) is 6.07 Å². The molecule has 196 valence electrons. The Hall–Kier alpha value is -4.24. The Kier molecular flexibility index (Phi) is 6.86. The molecule has 0 saturated heterocycles. The molecule has 0 radical (unpaired) electrons. The Labute approximate surface area is 231 Å². The third kappa shape index (κ3) is 4.04. The van der Waals surface area contributed by atoms with Gasteiger partial charge in [-0.1, -0.05) is 72.9 Å². The van der Waals surface area contributed by atoms with Crippen molar-refractivity contribution in [3.63, 3.8) is 0 Å². The van der Waals surface area contributed by atoms with Crippen LogP contribution in [0, 0.1) is 5.82 Å². The highest BCUT2D eigenvalue weighted by molar-refractivity contribution is 6.03. The molecule has 0 saturated carbocycles. The van der Waals surface area contributed by atoms with Crippen molar-refractivity contribution in [2.45, 2.75) is 31.1 Å². The van der Waals surface area contributed by atoms with E-state index in [0.29, 0.717) is 0 Å². The lowest BCUT2D eigenvalue weighted by molar-refractivity contribution is -0.401. The molecule has 0 amide bonds. The van der Waals surface area contributed by atoms with Gasteiger partial charge in [-0.2, -0.15) is 4.58 Å². The lowest BCUT2D eigenvalue weighted by Crippen LogP contribution is -2.30. The van der Waals surface area contributed by atoms with Gasteiger partial charge in [0.15, 0.2) is 5.71 Å². The molecule has 2 aliphatic rings. The molecule has 2 atom stereocenters. The standard InChI is InChI=1S/C36H36FN2/c1-7-23-35(4)29-25-27(37)20-22-30(29)38(5)32(35)17-11-10-12-18-33-36(9-3,24-8-2)34-28-16-14-13-15-26(28)19-21-31(34)39(33)6/h7-22,24-25H,1,3,23H2,2,4-6H3/q+1. The monoisotopic (exact) mass is 515 g/mol. The van der Waals surface area contributed by atoms with E-state index < -0.39 is 5.41 Å². The van der Waals surface area contributed by atoms with Crippen LogP contribution in [0.3, 0.4) is 0 Å². The summed E-state index contributed by atoms with van der Waals surface area (Å²) in [6, 6.07) is 18.0. The zero-order valence-electron chi connectivity index (χ0n) is 23.3. The first-order valence-corrected chi connectivity index (χ1v) is 13.4. The SMILES string of the molecule is C=CCC1(C)C(C=CC=CC=C2N(C)c3ccc4ccccc4c3C2(C=C)C=CC)=[N+](C)c2ccc(F)cc21. The van der Waals surface area contributed by atoms with Gasteiger partial charge in [-0.3, -0.25) is 0 Å². The first-order valence-electron chi connectivity index (χ1n) is 13.4. The number of rotatable bonds is 7. The van der Waals surface area contributed by atoms with Gasteiger partial charge >= 0.3 is 0 Å². The predicted octanol–water partition coefficient (Wildman–Crippen LogP) is 8.69. The molecule has 2 heterocycles. The van der Waals surface area contributed by atoms with E-state index in [2.05, 4.69) is 129 Å². The van der Waals surface area contributed by atoms with Gasteiger partial charge in [0.25, 0.3) is 0 Å². The fourth-order valence-electron chi connectivity index (χ4n) is 6.50. The number of hydrogen-bond donors (Lipinski definition) is 0. The number of hydrogen-bond acceptors (Lipinski definition) is 1. The zero-order valence-corrected chi connectivity index (χ0v) is 23.3. The Morgan fingerprint density at radius 2 is 1.82 bits per heavy atom. The van der Waals surface area contributed by atoms with Crippen LogP contribution in [-0.4, -0.2) is 24.4 Å². The highest BCUT2D eigenvalue weighted by atomic mass is 19.1. The fraction of sp³-hybridized carbons (Fsp3) is 0.194. The summed E-state index contributed by atoms with van der Waals surface area (Å²) in [5, 5.41) is 2.46. The Balaban J connectivity index is 1.52.